The maximum Gasteiger partial charge on any atom is 0.244 e. The summed E-state index contributed by atoms with van der Waals surface area (Å²) in [5.41, 5.74) is 1.62. The van der Waals surface area contributed by atoms with Crippen molar-refractivity contribution in [3.8, 4) is 17.0 Å². The molecule has 1 aromatic heterocycles. The fourth-order valence-corrected chi connectivity index (χ4v) is 8.39. The van der Waals surface area contributed by atoms with E-state index in [9.17, 15) is 22.7 Å². The predicted molar refractivity (Wildman–Crippen MR) is 183 cm³/mol. The SMILES string of the molecule is BC1(B)CC(Nc2ncc(Cl)c(-c3ccc4c(c3)S(=O)(=O)N([C@H](C)C(=O)N[C@H](CO)c3cc(F)cc(OC)c3)C4)n2)CC(B)(B)O1. The lowest BCUT2D eigenvalue weighted by Crippen LogP contribution is -2.56. The van der Waals surface area contributed by atoms with Crippen LogP contribution in [0, 0.1) is 5.82 Å². The van der Waals surface area contributed by atoms with E-state index in [2.05, 4.69) is 20.6 Å². The summed E-state index contributed by atoms with van der Waals surface area (Å²) in [6.07, 6.45) is 2.96. The molecule has 2 aliphatic rings. The number of aliphatic hydroxyl groups excluding tert-OH is 1. The Morgan fingerprint density at radius 1 is 1.22 bits per heavy atom. The molecule has 5 rings (SSSR count). The Morgan fingerprint density at radius 2 is 1.91 bits per heavy atom. The fourth-order valence-electron chi connectivity index (χ4n) is 6.37. The van der Waals surface area contributed by atoms with Gasteiger partial charge in [-0.3, -0.25) is 4.79 Å². The Hall–Kier alpha value is -3.10. The van der Waals surface area contributed by atoms with Crippen LogP contribution in [0.5, 0.6) is 5.75 Å². The van der Waals surface area contributed by atoms with Crippen molar-refractivity contribution in [2.75, 3.05) is 19.0 Å². The van der Waals surface area contributed by atoms with Crippen LogP contribution < -0.4 is 15.4 Å². The Balaban J connectivity index is 1.35. The van der Waals surface area contributed by atoms with Crippen molar-refractivity contribution in [1.82, 2.24) is 19.6 Å². The molecule has 3 N–H and O–H groups in total. The topological polar surface area (TPSA) is 143 Å². The van der Waals surface area contributed by atoms with Crippen LogP contribution in [0.15, 0.2) is 47.5 Å². The molecule has 2 atom stereocenters. The van der Waals surface area contributed by atoms with Crippen molar-refractivity contribution >= 4 is 64.9 Å². The number of hydrogen-bond donors (Lipinski definition) is 3. The van der Waals surface area contributed by atoms with Gasteiger partial charge >= 0.3 is 0 Å². The standard InChI is InChI=1S/C28H35B4ClFN5O6S/c1-14(25(41)37-22(13-40)17-5-18(34)8-20(6-17)44-2)39-12-16-4-3-15(7-23(16)46(39,42)43)24-21(33)11-35-26(38-24)36-19-9-27(29,30)45-28(31,32)10-19/h3-8,11,14,19,22,40H,9-10,12-13,29-32H2,1-2H3,(H,37,41)(H,35,36,38)/t14-,22-/m1/s1. The number of aromatic nitrogens is 2. The number of methoxy groups -OCH3 is 1. The van der Waals surface area contributed by atoms with Crippen molar-refractivity contribution in [2.45, 2.75) is 60.1 Å². The molecule has 1 amide bonds. The number of nitrogens with one attached hydrogen (secondary N) is 2. The second-order valence-corrected chi connectivity index (χ2v) is 15.2. The molecule has 1 saturated heterocycles. The third kappa shape index (κ3) is 7.23. The van der Waals surface area contributed by atoms with Gasteiger partial charge in [-0.25, -0.2) is 22.8 Å². The predicted octanol–water partition coefficient (Wildman–Crippen LogP) is -0.882. The number of aliphatic hydroxyl groups is 1. The average Bonchev–Trinajstić information content (AvgIpc) is 3.23. The zero-order valence-corrected chi connectivity index (χ0v) is 28.2. The van der Waals surface area contributed by atoms with Gasteiger partial charge in [0.25, 0.3) is 0 Å². The first-order valence-electron chi connectivity index (χ1n) is 14.9. The second-order valence-electron chi connectivity index (χ2n) is 13.0. The number of amides is 1. The molecule has 11 nitrogen and oxygen atoms in total. The molecular weight excluding hydrogens is 632 g/mol. The maximum atomic E-state index is 14.1. The van der Waals surface area contributed by atoms with Crippen LogP contribution in [0.3, 0.4) is 0 Å². The van der Waals surface area contributed by atoms with E-state index in [4.69, 9.17) is 21.1 Å². The van der Waals surface area contributed by atoms with Gasteiger partial charge in [-0.2, -0.15) is 4.31 Å². The minimum atomic E-state index is -4.10. The van der Waals surface area contributed by atoms with Crippen LogP contribution >= 0.6 is 11.6 Å². The first-order chi connectivity index (χ1) is 21.5. The van der Waals surface area contributed by atoms with Crippen LogP contribution in [-0.4, -0.2) is 102 Å². The molecule has 0 bridgehead atoms. The maximum absolute atomic E-state index is 14.1. The molecule has 18 heteroatoms. The zero-order chi connectivity index (χ0) is 33.6. The number of anilines is 1. The van der Waals surface area contributed by atoms with Gasteiger partial charge in [0.05, 0.1) is 41.6 Å². The van der Waals surface area contributed by atoms with Gasteiger partial charge in [0.15, 0.2) is 0 Å². The highest BCUT2D eigenvalue weighted by Gasteiger charge is 2.41. The summed E-state index contributed by atoms with van der Waals surface area (Å²) in [5, 5.41) is 15.6. The molecule has 0 unspecified atom stereocenters. The van der Waals surface area contributed by atoms with Crippen molar-refractivity contribution in [3.63, 3.8) is 0 Å². The summed E-state index contributed by atoms with van der Waals surface area (Å²) < 4.78 is 53.9. The average molecular weight is 667 g/mol. The first kappa shape index (κ1) is 34.2. The number of hydrogen-bond acceptors (Lipinski definition) is 9. The number of halogens is 2. The fraction of sp³-hybridized carbons (Fsp3) is 0.393. The van der Waals surface area contributed by atoms with Crippen molar-refractivity contribution < 1.29 is 32.2 Å². The number of benzene rings is 2. The van der Waals surface area contributed by atoms with Crippen LogP contribution in [0.1, 0.15) is 36.9 Å². The Bertz CT molecular complexity index is 1760. The third-order valence-corrected chi connectivity index (χ3v) is 10.5. The summed E-state index contributed by atoms with van der Waals surface area (Å²) in [4.78, 5) is 22.3. The minimum Gasteiger partial charge on any atom is -0.497 e. The molecule has 240 valence electrons. The van der Waals surface area contributed by atoms with E-state index >= 15 is 0 Å². The molecule has 3 aromatic rings. The Kier molecular flexibility index (Phi) is 9.55. The normalized spacial score (nSPS) is 19.9. The lowest BCUT2D eigenvalue weighted by atomic mass is 9.53. The van der Waals surface area contributed by atoms with Crippen molar-refractivity contribution in [2.24, 2.45) is 0 Å². The second kappa shape index (κ2) is 12.8. The Labute approximate surface area is 276 Å². The summed E-state index contributed by atoms with van der Waals surface area (Å²) in [6, 6.07) is 6.66. The third-order valence-electron chi connectivity index (χ3n) is 8.20. The zero-order valence-electron chi connectivity index (χ0n) is 26.6. The molecular formula is C28H35B4ClFN5O6S. The van der Waals surface area contributed by atoms with E-state index in [1.807, 2.05) is 31.4 Å². The number of fused-ring (bicyclic) bond motifs is 1. The van der Waals surface area contributed by atoms with Crippen molar-refractivity contribution in [1.29, 1.82) is 0 Å². The highest BCUT2D eigenvalue weighted by Crippen LogP contribution is 2.37. The molecule has 3 heterocycles. The Morgan fingerprint density at radius 3 is 2.57 bits per heavy atom. The number of carbonyl (C=O) groups excluding carboxylic acids is 1. The van der Waals surface area contributed by atoms with Crippen LogP contribution in [-0.2, 0) is 26.1 Å². The van der Waals surface area contributed by atoms with E-state index in [0.29, 0.717) is 22.8 Å². The lowest BCUT2D eigenvalue weighted by molar-refractivity contribution is -0.125. The van der Waals surface area contributed by atoms with Gasteiger partial charge < -0.3 is 25.2 Å². The van der Waals surface area contributed by atoms with Crippen LogP contribution in [0.2, 0.25) is 5.02 Å². The summed E-state index contributed by atoms with van der Waals surface area (Å²) in [5.74, 6) is -0.686. The van der Waals surface area contributed by atoms with Gasteiger partial charge in [-0.05, 0) is 49.1 Å². The van der Waals surface area contributed by atoms with E-state index in [0.717, 1.165) is 17.1 Å². The summed E-state index contributed by atoms with van der Waals surface area (Å²) in [6.45, 7) is 0.879. The molecule has 0 saturated carbocycles. The van der Waals surface area contributed by atoms with Gasteiger partial charge in [-0.15, -0.1) is 0 Å². The quantitative estimate of drug-likeness (QED) is 0.248. The van der Waals surface area contributed by atoms with Crippen molar-refractivity contribution in [3.05, 3.63) is 64.6 Å². The molecule has 0 aliphatic carbocycles. The monoisotopic (exact) mass is 667 g/mol. The van der Waals surface area contributed by atoms with Gasteiger partial charge in [0, 0.05) is 35.0 Å². The molecule has 2 aromatic carbocycles. The molecule has 2 aliphatic heterocycles. The first-order valence-corrected chi connectivity index (χ1v) is 16.7. The summed E-state index contributed by atoms with van der Waals surface area (Å²) in [7, 11) is 5.44. The van der Waals surface area contributed by atoms with E-state index in [-0.39, 0.29) is 44.6 Å². The smallest absolute Gasteiger partial charge is 0.244 e. The van der Waals surface area contributed by atoms with Crippen LogP contribution in [0.25, 0.3) is 11.3 Å². The van der Waals surface area contributed by atoms with E-state index < -0.39 is 40.4 Å². The number of rotatable bonds is 9. The highest BCUT2D eigenvalue weighted by atomic mass is 35.5. The van der Waals surface area contributed by atoms with E-state index in [1.165, 1.54) is 44.5 Å². The van der Waals surface area contributed by atoms with Gasteiger partial charge in [0.1, 0.15) is 49.0 Å². The summed E-state index contributed by atoms with van der Waals surface area (Å²) >= 11 is 6.51. The number of carbonyl (C=O) groups is 1. The van der Waals surface area contributed by atoms with E-state index in [1.54, 1.807) is 12.1 Å². The minimum absolute atomic E-state index is 0.0374. The van der Waals surface area contributed by atoms with Gasteiger partial charge in [-0.1, -0.05) is 23.7 Å². The van der Waals surface area contributed by atoms with Gasteiger partial charge in [0.2, 0.25) is 21.9 Å². The largest absolute Gasteiger partial charge is 0.497 e. The van der Waals surface area contributed by atoms with Crippen LogP contribution in [0.4, 0.5) is 10.3 Å². The molecule has 0 spiro atoms. The number of ether oxygens (including phenoxy) is 2. The number of sulfonamides is 1. The highest BCUT2D eigenvalue weighted by molar-refractivity contribution is 7.89. The molecule has 1 fully saturated rings. The number of nitrogens with zero attached hydrogens (tertiary/aromatic N) is 3. The lowest BCUT2D eigenvalue weighted by Gasteiger charge is -2.46. The molecule has 46 heavy (non-hydrogen) atoms. The molecule has 0 radical (unpaired) electrons.